The molecule has 52 heavy (non-hydrogen) atoms. The lowest BCUT2D eigenvalue weighted by atomic mass is 9.93. The normalized spacial score (nSPS) is 11.8. The van der Waals surface area contributed by atoms with Crippen LogP contribution in [0, 0.1) is 0 Å². The molecular formula is C47H27N3O2. The Kier molecular flexibility index (Phi) is 6.18. The van der Waals surface area contributed by atoms with Crippen LogP contribution in [0.15, 0.2) is 173 Å². The summed E-state index contributed by atoms with van der Waals surface area (Å²) in [5.41, 5.74) is 7.96. The third-order valence-corrected chi connectivity index (χ3v) is 10.1. The van der Waals surface area contributed by atoms with Crippen LogP contribution in [0.1, 0.15) is 0 Å². The van der Waals surface area contributed by atoms with Crippen molar-refractivity contribution in [3.8, 4) is 45.3 Å². The summed E-state index contributed by atoms with van der Waals surface area (Å²) >= 11 is 0. The lowest BCUT2D eigenvalue weighted by molar-refractivity contribution is 0.668. The zero-order valence-corrected chi connectivity index (χ0v) is 27.7. The molecule has 0 bridgehead atoms. The topological polar surface area (TPSA) is 65.0 Å². The first-order valence-electron chi connectivity index (χ1n) is 17.3. The van der Waals surface area contributed by atoms with Gasteiger partial charge in [0, 0.05) is 38.2 Å². The largest absolute Gasteiger partial charge is 0.456 e. The number of rotatable bonds is 4. The van der Waals surface area contributed by atoms with Crippen molar-refractivity contribution < 1.29 is 8.83 Å². The highest BCUT2D eigenvalue weighted by Crippen LogP contribution is 2.44. The van der Waals surface area contributed by atoms with Gasteiger partial charge in [-0.2, -0.15) is 0 Å². The van der Waals surface area contributed by atoms with Crippen molar-refractivity contribution in [2.45, 2.75) is 0 Å². The highest BCUT2D eigenvalue weighted by molar-refractivity contribution is 6.16. The lowest BCUT2D eigenvalue weighted by Gasteiger charge is -2.14. The van der Waals surface area contributed by atoms with Gasteiger partial charge >= 0.3 is 0 Å². The minimum Gasteiger partial charge on any atom is -0.456 e. The van der Waals surface area contributed by atoms with Crippen LogP contribution in [0.3, 0.4) is 0 Å². The van der Waals surface area contributed by atoms with E-state index in [0.29, 0.717) is 17.5 Å². The van der Waals surface area contributed by atoms with Crippen molar-refractivity contribution in [3.05, 3.63) is 164 Å². The smallest absolute Gasteiger partial charge is 0.165 e. The molecule has 0 aliphatic heterocycles. The second kappa shape index (κ2) is 11.2. The van der Waals surface area contributed by atoms with Gasteiger partial charge in [0.25, 0.3) is 0 Å². The molecule has 0 saturated carbocycles. The minimum absolute atomic E-state index is 0.568. The fraction of sp³-hybridized carbons (Fsp3) is 0. The van der Waals surface area contributed by atoms with Crippen LogP contribution in [-0.4, -0.2) is 15.0 Å². The van der Waals surface area contributed by atoms with Crippen LogP contribution in [-0.2, 0) is 0 Å². The number of nitrogens with zero attached hydrogens (tertiary/aromatic N) is 3. The van der Waals surface area contributed by atoms with Gasteiger partial charge in [-0.05, 0) is 75.1 Å². The Morgan fingerprint density at radius 3 is 1.60 bits per heavy atom. The quantitative estimate of drug-likeness (QED) is 0.187. The van der Waals surface area contributed by atoms with E-state index in [2.05, 4.69) is 115 Å². The van der Waals surface area contributed by atoms with Gasteiger partial charge in [0.1, 0.15) is 22.3 Å². The molecule has 0 amide bonds. The van der Waals surface area contributed by atoms with Gasteiger partial charge in [-0.1, -0.05) is 121 Å². The molecule has 5 heteroatoms. The van der Waals surface area contributed by atoms with Gasteiger partial charge in [0.2, 0.25) is 0 Å². The summed E-state index contributed by atoms with van der Waals surface area (Å²) in [5, 5.41) is 8.58. The number of benzene rings is 8. The molecular weight excluding hydrogens is 639 g/mol. The Hall–Kier alpha value is -7.11. The molecule has 0 spiro atoms. The summed E-state index contributed by atoms with van der Waals surface area (Å²) in [4.78, 5) is 15.9. The molecule has 0 unspecified atom stereocenters. The van der Waals surface area contributed by atoms with Crippen LogP contribution >= 0.6 is 0 Å². The molecule has 8 aromatic carbocycles. The third kappa shape index (κ3) is 4.46. The van der Waals surface area contributed by atoms with Crippen LogP contribution in [0.25, 0.3) is 111 Å². The van der Waals surface area contributed by atoms with Gasteiger partial charge in [0.05, 0.1) is 0 Å². The molecule has 0 radical (unpaired) electrons. The second-order valence-corrected chi connectivity index (χ2v) is 13.2. The maximum atomic E-state index is 6.47. The van der Waals surface area contributed by atoms with Crippen molar-refractivity contribution in [1.82, 2.24) is 15.0 Å². The Balaban J connectivity index is 1.26. The monoisotopic (exact) mass is 665 g/mol. The molecule has 11 rings (SSSR count). The lowest BCUT2D eigenvalue weighted by Crippen LogP contribution is -2.02. The Bertz CT molecular complexity index is 3210. The summed E-state index contributed by atoms with van der Waals surface area (Å²) in [6.45, 7) is 0. The van der Waals surface area contributed by atoms with Crippen molar-refractivity contribution in [2.24, 2.45) is 0 Å². The van der Waals surface area contributed by atoms with Gasteiger partial charge in [-0.15, -0.1) is 0 Å². The van der Waals surface area contributed by atoms with Gasteiger partial charge in [-0.3, -0.25) is 0 Å². The Morgan fingerprint density at radius 1 is 0.327 bits per heavy atom. The molecule has 0 N–H and O–H groups in total. The number of furan rings is 2. The fourth-order valence-corrected chi connectivity index (χ4v) is 7.67. The number of aromatic nitrogens is 3. The number of para-hydroxylation sites is 2. The molecule has 0 aliphatic rings. The summed E-state index contributed by atoms with van der Waals surface area (Å²) < 4.78 is 12.8. The number of hydrogen-bond acceptors (Lipinski definition) is 5. The van der Waals surface area contributed by atoms with E-state index in [4.69, 9.17) is 23.8 Å². The second-order valence-electron chi connectivity index (χ2n) is 13.2. The number of hydrogen-bond donors (Lipinski definition) is 0. The average Bonchev–Trinajstić information content (AvgIpc) is 3.78. The van der Waals surface area contributed by atoms with Crippen molar-refractivity contribution >= 4 is 65.4 Å². The first-order valence-corrected chi connectivity index (χ1v) is 17.3. The molecule has 0 saturated heterocycles. The highest BCUT2D eigenvalue weighted by atomic mass is 16.3. The van der Waals surface area contributed by atoms with Crippen LogP contribution in [0.4, 0.5) is 0 Å². The van der Waals surface area contributed by atoms with E-state index in [1.165, 1.54) is 5.39 Å². The molecule has 0 atom stereocenters. The molecule has 0 aliphatic carbocycles. The maximum absolute atomic E-state index is 6.47. The first kappa shape index (κ1) is 28.7. The molecule has 3 aromatic heterocycles. The standard InChI is InChI=1S/C47H27N3O2/c1-3-12-30-26-32(22-20-28(30)10-1)34-24-25-41-43(36-15-6-8-18-39(36)52-41)44(34)47-49-45(33-23-21-29-11-2-4-13-31(29)27-33)48-46(50-47)37-16-9-19-40-42(37)35-14-5-7-17-38(35)51-40/h1-27H. The van der Waals surface area contributed by atoms with Gasteiger partial charge in [0.15, 0.2) is 17.5 Å². The van der Waals surface area contributed by atoms with Crippen LogP contribution in [0.2, 0.25) is 0 Å². The minimum atomic E-state index is 0.568. The van der Waals surface area contributed by atoms with E-state index in [0.717, 1.165) is 87.9 Å². The van der Waals surface area contributed by atoms with E-state index in [1.807, 2.05) is 48.5 Å². The van der Waals surface area contributed by atoms with E-state index in [9.17, 15) is 0 Å². The molecule has 11 aromatic rings. The zero-order chi connectivity index (χ0) is 34.2. The Labute approximate surface area is 297 Å². The van der Waals surface area contributed by atoms with Crippen molar-refractivity contribution in [1.29, 1.82) is 0 Å². The van der Waals surface area contributed by atoms with E-state index in [-0.39, 0.29) is 0 Å². The van der Waals surface area contributed by atoms with E-state index < -0.39 is 0 Å². The molecule has 5 nitrogen and oxygen atoms in total. The first-order chi connectivity index (χ1) is 25.7. The van der Waals surface area contributed by atoms with Crippen molar-refractivity contribution in [3.63, 3.8) is 0 Å². The predicted molar refractivity (Wildman–Crippen MR) is 211 cm³/mol. The third-order valence-electron chi connectivity index (χ3n) is 10.1. The van der Waals surface area contributed by atoms with Gasteiger partial charge in [-0.25, -0.2) is 15.0 Å². The zero-order valence-electron chi connectivity index (χ0n) is 27.7. The fourth-order valence-electron chi connectivity index (χ4n) is 7.67. The Morgan fingerprint density at radius 2 is 0.865 bits per heavy atom. The summed E-state index contributed by atoms with van der Waals surface area (Å²) in [6, 6.07) is 56.3. The predicted octanol–water partition coefficient (Wildman–Crippen LogP) is 12.6. The van der Waals surface area contributed by atoms with Crippen LogP contribution in [0.5, 0.6) is 0 Å². The molecule has 0 fully saturated rings. The summed E-state index contributed by atoms with van der Waals surface area (Å²) in [7, 11) is 0. The maximum Gasteiger partial charge on any atom is 0.165 e. The summed E-state index contributed by atoms with van der Waals surface area (Å²) in [5.74, 6) is 1.72. The van der Waals surface area contributed by atoms with Crippen LogP contribution < -0.4 is 0 Å². The van der Waals surface area contributed by atoms with E-state index in [1.54, 1.807) is 0 Å². The number of fused-ring (bicyclic) bond motifs is 8. The highest BCUT2D eigenvalue weighted by Gasteiger charge is 2.23. The summed E-state index contributed by atoms with van der Waals surface area (Å²) in [6.07, 6.45) is 0. The molecule has 3 heterocycles. The van der Waals surface area contributed by atoms with Crippen molar-refractivity contribution in [2.75, 3.05) is 0 Å². The van der Waals surface area contributed by atoms with E-state index >= 15 is 0 Å². The van der Waals surface area contributed by atoms with Gasteiger partial charge < -0.3 is 8.83 Å². The SMILES string of the molecule is c1ccc2cc(-c3nc(-c4cccc5oc6ccccc6c45)nc(-c4c(-c5ccc6ccccc6c5)ccc5oc6ccccc6c45)n3)ccc2c1. The molecule has 242 valence electrons. The average molecular weight is 666 g/mol.